The van der Waals surface area contributed by atoms with E-state index < -0.39 is 0 Å². The van der Waals surface area contributed by atoms with Gasteiger partial charge in [-0.2, -0.15) is 0 Å². The number of benzene rings is 1. The van der Waals surface area contributed by atoms with Crippen molar-refractivity contribution in [2.45, 2.75) is 12.5 Å². The normalized spacial score (nSPS) is 18.5. The Labute approximate surface area is 122 Å². The van der Waals surface area contributed by atoms with Gasteiger partial charge in [0.15, 0.2) is 5.75 Å². The molecule has 19 heavy (non-hydrogen) atoms. The molecule has 1 fully saturated rings. The molecule has 0 saturated carbocycles. The Balaban J connectivity index is 2.27. The maximum Gasteiger partial charge on any atom is 0.152 e. The standard InChI is InChI=1S/C13H18Cl2N2O2/c14-10-7-9(8-11(15)13(10)19)12(1-6-18)17-4-2-16-3-5-17/h7-8,12,16,18-19H,1-6H2/t12-/m0/s1. The van der Waals surface area contributed by atoms with E-state index in [1.54, 1.807) is 12.1 Å². The Hall–Kier alpha value is -0.520. The van der Waals surface area contributed by atoms with Crippen molar-refractivity contribution in [3.63, 3.8) is 0 Å². The SMILES string of the molecule is OCC[C@@H](c1cc(Cl)c(O)c(Cl)c1)N1CCNCC1. The van der Waals surface area contributed by atoms with Crippen LogP contribution in [0.3, 0.4) is 0 Å². The van der Waals surface area contributed by atoms with Crippen molar-refractivity contribution in [2.75, 3.05) is 32.8 Å². The van der Waals surface area contributed by atoms with Crippen LogP contribution in [0.1, 0.15) is 18.0 Å². The third kappa shape index (κ3) is 3.52. The summed E-state index contributed by atoms with van der Waals surface area (Å²) in [5.74, 6) is -0.0878. The van der Waals surface area contributed by atoms with E-state index in [-0.39, 0.29) is 28.4 Å². The number of aliphatic hydroxyl groups is 1. The van der Waals surface area contributed by atoms with E-state index in [4.69, 9.17) is 23.2 Å². The highest BCUT2D eigenvalue weighted by atomic mass is 35.5. The van der Waals surface area contributed by atoms with Crippen LogP contribution in [0.4, 0.5) is 0 Å². The average molecular weight is 305 g/mol. The monoisotopic (exact) mass is 304 g/mol. The Morgan fingerprint density at radius 3 is 2.32 bits per heavy atom. The van der Waals surface area contributed by atoms with Crippen LogP contribution in [-0.2, 0) is 0 Å². The molecule has 2 rings (SSSR count). The number of piperazine rings is 1. The van der Waals surface area contributed by atoms with E-state index in [0.29, 0.717) is 6.42 Å². The highest BCUT2D eigenvalue weighted by Crippen LogP contribution is 2.36. The topological polar surface area (TPSA) is 55.7 Å². The molecule has 4 nitrogen and oxygen atoms in total. The first kappa shape index (κ1) is 14.9. The summed E-state index contributed by atoms with van der Waals surface area (Å²) in [6.45, 7) is 3.80. The Kier molecular flexibility index (Phi) is 5.30. The van der Waals surface area contributed by atoms with Crippen LogP contribution in [0.25, 0.3) is 0 Å². The van der Waals surface area contributed by atoms with Gasteiger partial charge >= 0.3 is 0 Å². The van der Waals surface area contributed by atoms with Crippen molar-refractivity contribution in [3.8, 4) is 5.75 Å². The summed E-state index contributed by atoms with van der Waals surface area (Å²) in [4.78, 5) is 2.30. The smallest absolute Gasteiger partial charge is 0.152 e. The van der Waals surface area contributed by atoms with Crippen molar-refractivity contribution < 1.29 is 10.2 Å². The highest BCUT2D eigenvalue weighted by molar-refractivity contribution is 6.37. The van der Waals surface area contributed by atoms with Crippen LogP contribution < -0.4 is 5.32 Å². The zero-order valence-corrected chi connectivity index (χ0v) is 12.1. The lowest BCUT2D eigenvalue weighted by Crippen LogP contribution is -2.45. The lowest BCUT2D eigenvalue weighted by Gasteiger charge is -2.35. The summed E-state index contributed by atoms with van der Waals surface area (Å²) < 4.78 is 0. The zero-order valence-electron chi connectivity index (χ0n) is 10.6. The molecule has 0 bridgehead atoms. The van der Waals surface area contributed by atoms with Crippen molar-refractivity contribution in [1.29, 1.82) is 0 Å². The lowest BCUT2D eigenvalue weighted by atomic mass is 10.0. The van der Waals surface area contributed by atoms with Gasteiger partial charge < -0.3 is 15.5 Å². The number of aliphatic hydroxyl groups excluding tert-OH is 1. The molecule has 0 radical (unpaired) electrons. The first-order valence-electron chi connectivity index (χ1n) is 6.37. The molecule has 0 aliphatic carbocycles. The van der Waals surface area contributed by atoms with E-state index >= 15 is 0 Å². The summed E-state index contributed by atoms with van der Waals surface area (Å²) in [5, 5.41) is 22.7. The molecule has 1 heterocycles. The van der Waals surface area contributed by atoms with Crippen LogP contribution in [0.2, 0.25) is 10.0 Å². The Morgan fingerprint density at radius 2 is 1.79 bits per heavy atom. The fourth-order valence-electron chi connectivity index (χ4n) is 2.45. The van der Waals surface area contributed by atoms with Crippen molar-refractivity contribution >= 4 is 23.2 Å². The average Bonchev–Trinajstić information content (AvgIpc) is 2.42. The number of nitrogens with zero attached hydrogens (tertiary/aromatic N) is 1. The van der Waals surface area contributed by atoms with Gasteiger partial charge in [0.25, 0.3) is 0 Å². The van der Waals surface area contributed by atoms with E-state index in [1.807, 2.05) is 0 Å². The van der Waals surface area contributed by atoms with E-state index in [2.05, 4.69) is 10.2 Å². The number of rotatable bonds is 4. The van der Waals surface area contributed by atoms with Gasteiger partial charge in [-0.1, -0.05) is 23.2 Å². The van der Waals surface area contributed by atoms with Crippen LogP contribution in [-0.4, -0.2) is 47.9 Å². The Bertz CT molecular complexity index is 414. The molecule has 0 aromatic heterocycles. The van der Waals surface area contributed by atoms with Crippen molar-refractivity contribution in [3.05, 3.63) is 27.7 Å². The van der Waals surface area contributed by atoms with Crippen LogP contribution >= 0.6 is 23.2 Å². The molecule has 1 atom stereocenters. The first-order chi connectivity index (χ1) is 9.13. The summed E-state index contributed by atoms with van der Waals surface area (Å²) >= 11 is 11.9. The van der Waals surface area contributed by atoms with Crippen molar-refractivity contribution in [1.82, 2.24) is 10.2 Å². The van der Waals surface area contributed by atoms with Gasteiger partial charge in [-0.25, -0.2) is 0 Å². The summed E-state index contributed by atoms with van der Waals surface area (Å²) in [6, 6.07) is 3.53. The maximum absolute atomic E-state index is 9.62. The van der Waals surface area contributed by atoms with Crippen molar-refractivity contribution in [2.24, 2.45) is 0 Å². The second kappa shape index (κ2) is 6.77. The van der Waals surface area contributed by atoms with Gasteiger partial charge in [0, 0.05) is 38.8 Å². The molecule has 0 spiro atoms. The lowest BCUT2D eigenvalue weighted by molar-refractivity contribution is 0.141. The summed E-state index contributed by atoms with van der Waals surface area (Å²) in [7, 11) is 0. The fourth-order valence-corrected chi connectivity index (χ4v) is 2.96. The van der Waals surface area contributed by atoms with E-state index in [0.717, 1.165) is 31.7 Å². The highest BCUT2D eigenvalue weighted by Gasteiger charge is 2.23. The van der Waals surface area contributed by atoms with Crippen LogP contribution in [0.15, 0.2) is 12.1 Å². The number of phenolic OH excluding ortho intramolecular Hbond substituents is 1. The summed E-state index contributed by atoms with van der Waals surface area (Å²) in [5.41, 5.74) is 0.934. The number of hydrogen-bond acceptors (Lipinski definition) is 4. The number of aromatic hydroxyl groups is 1. The van der Waals surface area contributed by atoms with Gasteiger partial charge in [-0.15, -0.1) is 0 Å². The van der Waals surface area contributed by atoms with Gasteiger partial charge in [-0.05, 0) is 24.1 Å². The maximum atomic E-state index is 9.62. The van der Waals surface area contributed by atoms with Crippen LogP contribution in [0, 0.1) is 0 Å². The fraction of sp³-hybridized carbons (Fsp3) is 0.538. The largest absolute Gasteiger partial charge is 0.505 e. The minimum atomic E-state index is -0.0878. The third-order valence-electron chi connectivity index (χ3n) is 3.42. The number of halogens is 2. The molecule has 3 N–H and O–H groups in total. The minimum absolute atomic E-state index is 0.0719. The molecule has 106 valence electrons. The predicted octanol–water partition coefficient (Wildman–Crippen LogP) is 2.03. The number of hydrogen-bond donors (Lipinski definition) is 3. The van der Waals surface area contributed by atoms with Gasteiger partial charge in [-0.3, -0.25) is 4.90 Å². The van der Waals surface area contributed by atoms with Gasteiger partial charge in [0.2, 0.25) is 0 Å². The number of nitrogens with one attached hydrogen (secondary N) is 1. The zero-order chi connectivity index (χ0) is 13.8. The second-order valence-corrected chi connectivity index (χ2v) is 5.46. The second-order valence-electron chi connectivity index (χ2n) is 4.65. The minimum Gasteiger partial charge on any atom is -0.505 e. The Morgan fingerprint density at radius 1 is 1.21 bits per heavy atom. The first-order valence-corrected chi connectivity index (χ1v) is 7.12. The number of phenols is 1. The van der Waals surface area contributed by atoms with Gasteiger partial charge in [0.05, 0.1) is 10.0 Å². The van der Waals surface area contributed by atoms with Gasteiger partial charge in [0.1, 0.15) is 0 Å². The molecular formula is C13H18Cl2N2O2. The molecule has 1 saturated heterocycles. The van der Waals surface area contributed by atoms with Crippen LogP contribution in [0.5, 0.6) is 5.75 Å². The third-order valence-corrected chi connectivity index (χ3v) is 4.00. The molecule has 0 unspecified atom stereocenters. The quantitative estimate of drug-likeness (QED) is 0.797. The summed E-state index contributed by atoms with van der Waals surface area (Å²) in [6.07, 6.45) is 0.622. The molecule has 1 aromatic carbocycles. The molecule has 1 aromatic rings. The van der Waals surface area contributed by atoms with E-state index in [9.17, 15) is 10.2 Å². The van der Waals surface area contributed by atoms with E-state index in [1.165, 1.54) is 0 Å². The molecule has 0 amide bonds. The predicted molar refractivity (Wildman–Crippen MR) is 77.0 cm³/mol. The molecule has 1 aliphatic rings. The molecule has 1 aliphatic heterocycles. The molecule has 6 heteroatoms. The molecular weight excluding hydrogens is 287 g/mol.